The van der Waals surface area contributed by atoms with Gasteiger partial charge in [0.15, 0.2) is 0 Å². The Morgan fingerprint density at radius 1 is 1.40 bits per heavy atom. The maximum absolute atomic E-state index is 13.0. The molecule has 0 aliphatic carbocycles. The number of amides is 1. The highest BCUT2D eigenvalue weighted by Gasteiger charge is 2.50. The molecule has 30 heavy (non-hydrogen) atoms. The van der Waals surface area contributed by atoms with Gasteiger partial charge < -0.3 is 30.0 Å². The number of hydrogen-bond donors (Lipinski definition) is 3. The van der Waals surface area contributed by atoms with Crippen LogP contribution in [0.1, 0.15) is 24.0 Å². The number of pyridine rings is 1. The van der Waals surface area contributed by atoms with Crippen molar-refractivity contribution in [3.05, 3.63) is 29.6 Å². The lowest BCUT2D eigenvalue weighted by molar-refractivity contribution is -0.138. The van der Waals surface area contributed by atoms with Crippen molar-refractivity contribution in [1.82, 2.24) is 15.6 Å². The van der Waals surface area contributed by atoms with E-state index in [1.165, 1.54) is 6.20 Å². The van der Waals surface area contributed by atoms with Crippen molar-refractivity contribution in [2.24, 2.45) is 0 Å². The van der Waals surface area contributed by atoms with Gasteiger partial charge in [0.2, 0.25) is 5.91 Å². The second kappa shape index (κ2) is 10.0. The number of nitrogens with one attached hydrogen (secondary N) is 2. The summed E-state index contributed by atoms with van der Waals surface area (Å²) in [6.45, 7) is 0.929. The minimum absolute atomic E-state index is 0.0217. The van der Waals surface area contributed by atoms with E-state index < -0.39 is 30.1 Å². The Bertz CT molecular complexity index is 721. The number of fused-ring (bicyclic) bond motifs is 1. The summed E-state index contributed by atoms with van der Waals surface area (Å²) in [5.41, 5.74) is -0.724. The van der Waals surface area contributed by atoms with Crippen LogP contribution in [0, 0.1) is 0 Å². The van der Waals surface area contributed by atoms with E-state index in [0.717, 1.165) is 12.3 Å². The van der Waals surface area contributed by atoms with E-state index in [0.29, 0.717) is 19.6 Å². The number of carbonyl (C=O) groups excluding carboxylic acids is 1. The van der Waals surface area contributed by atoms with Gasteiger partial charge in [0.1, 0.15) is 12.2 Å². The number of carbonyl (C=O) groups is 1. The first-order valence-electron chi connectivity index (χ1n) is 9.75. The quantitative estimate of drug-likeness (QED) is 0.491. The van der Waals surface area contributed by atoms with Crippen molar-refractivity contribution in [3.8, 4) is 0 Å². The molecule has 0 unspecified atom stereocenters. The fourth-order valence-electron chi connectivity index (χ4n) is 3.77. The lowest BCUT2D eigenvalue weighted by Crippen LogP contribution is -2.39. The largest absolute Gasteiger partial charge is 0.416 e. The maximum Gasteiger partial charge on any atom is 0.416 e. The number of aliphatic hydroxyl groups excluding tert-OH is 1. The van der Waals surface area contributed by atoms with Crippen LogP contribution in [-0.2, 0) is 31.7 Å². The van der Waals surface area contributed by atoms with Crippen LogP contribution in [0.25, 0.3) is 0 Å². The number of rotatable bonds is 9. The second-order valence-corrected chi connectivity index (χ2v) is 7.37. The summed E-state index contributed by atoms with van der Waals surface area (Å²) in [5.74, 6) is -0.165. The molecule has 1 amide bonds. The van der Waals surface area contributed by atoms with Crippen molar-refractivity contribution >= 4 is 5.91 Å². The molecule has 8 nitrogen and oxygen atoms in total. The molecular weight excluding hydrogens is 407 g/mol. The maximum atomic E-state index is 13.0. The monoisotopic (exact) mass is 433 g/mol. The fraction of sp³-hybridized carbons (Fsp3) is 0.684. The second-order valence-electron chi connectivity index (χ2n) is 7.37. The van der Waals surface area contributed by atoms with Crippen LogP contribution in [0.3, 0.4) is 0 Å². The number of aromatic nitrogens is 1. The van der Waals surface area contributed by atoms with Crippen molar-refractivity contribution in [3.63, 3.8) is 0 Å². The molecule has 5 atom stereocenters. The SMILES string of the molecule is COCCNC(=O)C[C@@H]1C[C@H]2O[C@H](CNCc3cnccc3C(F)(F)F)[C@@H](O)[C@H]2O1. The smallest absolute Gasteiger partial charge is 0.388 e. The third-order valence-corrected chi connectivity index (χ3v) is 5.19. The number of ether oxygens (including phenoxy) is 3. The van der Waals surface area contributed by atoms with Crippen LogP contribution in [0.5, 0.6) is 0 Å². The average Bonchev–Trinajstić information content (AvgIpc) is 3.20. The highest BCUT2D eigenvalue weighted by molar-refractivity contribution is 5.76. The molecular formula is C19H26F3N3O5. The van der Waals surface area contributed by atoms with E-state index >= 15 is 0 Å². The minimum atomic E-state index is -4.46. The van der Waals surface area contributed by atoms with Gasteiger partial charge >= 0.3 is 6.18 Å². The summed E-state index contributed by atoms with van der Waals surface area (Å²) in [6.07, 6.45) is -4.36. The van der Waals surface area contributed by atoms with E-state index in [1.807, 2.05) is 0 Å². The lowest BCUT2D eigenvalue weighted by Gasteiger charge is -2.20. The molecule has 168 valence electrons. The van der Waals surface area contributed by atoms with Gasteiger partial charge in [-0.05, 0) is 11.6 Å². The van der Waals surface area contributed by atoms with E-state index in [4.69, 9.17) is 14.2 Å². The number of aliphatic hydroxyl groups is 1. The Hall–Kier alpha value is -1.79. The summed E-state index contributed by atoms with van der Waals surface area (Å²) in [7, 11) is 1.55. The zero-order valence-electron chi connectivity index (χ0n) is 16.5. The first kappa shape index (κ1) is 22.9. The number of methoxy groups -OCH3 is 1. The molecule has 2 saturated heterocycles. The first-order valence-corrected chi connectivity index (χ1v) is 9.75. The zero-order chi connectivity index (χ0) is 21.7. The van der Waals surface area contributed by atoms with Gasteiger partial charge in [0.25, 0.3) is 0 Å². The molecule has 1 aromatic rings. The van der Waals surface area contributed by atoms with E-state index in [1.54, 1.807) is 7.11 Å². The van der Waals surface area contributed by atoms with Crippen LogP contribution >= 0.6 is 0 Å². The Labute approximate surface area is 172 Å². The highest BCUT2D eigenvalue weighted by Crippen LogP contribution is 2.35. The lowest BCUT2D eigenvalue weighted by atomic mass is 10.1. The molecule has 0 saturated carbocycles. The van der Waals surface area contributed by atoms with Gasteiger partial charge in [0, 0.05) is 45.6 Å². The molecule has 0 aromatic carbocycles. The molecule has 2 aliphatic rings. The van der Waals surface area contributed by atoms with Gasteiger partial charge in [-0.1, -0.05) is 0 Å². The molecule has 3 heterocycles. The normalized spacial score (nSPS) is 28.5. The Balaban J connectivity index is 1.44. The van der Waals surface area contributed by atoms with E-state index in [9.17, 15) is 23.1 Å². The average molecular weight is 433 g/mol. The van der Waals surface area contributed by atoms with Crippen LogP contribution < -0.4 is 10.6 Å². The minimum Gasteiger partial charge on any atom is -0.388 e. The summed E-state index contributed by atoms with van der Waals surface area (Å²) >= 11 is 0. The molecule has 2 aliphatic heterocycles. The van der Waals surface area contributed by atoms with E-state index in [-0.39, 0.29) is 43.2 Å². The third kappa shape index (κ3) is 5.67. The molecule has 0 spiro atoms. The van der Waals surface area contributed by atoms with Gasteiger partial charge in [0.05, 0.1) is 36.9 Å². The van der Waals surface area contributed by atoms with Crippen LogP contribution in [-0.4, -0.2) is 73.3 Å². The molecule has 1 aromatic heterocycles. The molecule has 0 radical (unpaired) electrons. The summed E-state index contributed by atoms with van der Waals surface area (Å²) in [5, 5.41) is 16.1. The standard InChI is InChI=1S/C19H26F3N3O5/c1-28-5-4-25-16(26)7-12-6-14-18(29-12)17(27)15(30-14)10-24-9-11-8-23-3-2-13(11)19(20,21)22/h2-3,8,12,14-15,17-18,24,27H,4-7,9-10H2,1H3,(H,25,26)/t12-,14+,15+,17+,18-/m0/s1. The van der Waals surface area contributed by atoms with Crippen LogP contribution in [0.2, 0.25) is 0 Å². The van der Waals surface area contributed by atoms with E-state index in [2.05, 4.69) is 15.6 Å². The van der Waals surface area contributed by atoms with Gasteiger partial charge in [-0.2, -0.15) is 13.2 Å². The third-order valence-electron chi connectivity index (χ3n) is 5.19. The molecule has 3 N–H and O–H groups in total. The number of halogens is 3. The summed E-state index contributed by atoms with van der Waals surface area (Å²) in [6, 6.07) is 0.932. The van der Waals surface area contributed by atoms with Crippen molar-refractivity contribution in [2.45, 2.75) is 56.1 Å². The van der Waals surface area contributed by atoms with Crippen LogP contribution in [0.4, 0.5) is 13.2 Å². The topological polar surface area (TPSA) is 102 Å². The van der Waals surface area contributed by atoms with Crippen molar-refractivity contribution in [1.29, 1.82) is 0 Å². The Kier molecular flexibility index (Phi) is 7.64. The van der Waals surface area contributed by atoms with Crippen molar-refractivity contribution in [2.75, 3.05) is 26.8 Å². The molecule has 11 heteroatoms. The Morgan fingerprint density at radius 3 is 2.90 bits per heavy atom. The number of nitrogens with zero attached hydrogens (tertiary/aromatic N) is 1. The fourth-order valence-corrected chi connectivity index (χ4v) is 3.77. The van der Waals surface area contributed by atoms with Gasteiger partial charge in [-0.3, -0.25) is 9.78 Å². The van der Waals surface area contributed by atoms with Crippen molar-refractivity contribution < 1.29 is 37.3 Å². The number of hydrogen-bond acceptors (Lipinski definition) is 7. The molecule has 2 fully saturated rings. The van der Waals surface area contributed by atoms with Gasteiger partial charge in [-0.25, -0.2) is 0 Å². The zero-order valence-corrected chi connectivity index (χ0v) is 16.5. The summed E-state index contributed by atoms with van der Waals surface area (Å²) in [4.78, 5) is 15.6. The Morgan fingerprint density at radius 2 is 2.20 bits per heavy atom. The predicted octanol–water partition coefficient (Wildman–Crippen LogP) is 0.629. The highest BCUT2D eigenvalue weighted by atomic mass is 19.4. The summed E-state index contributed by atoms with van der Waals surface area (Å²) < 4.78 is 55.6. The molecule has 0 bridgehead atoms. The van der Waals surface area contributed by atoms with Crippen LogP contribution in [0.15, 0.2) is 18.5 Å². The van der Waals surface area contributed by atoms with Gasteiger partial charge in [-0.15, -0.1) is 0 Å². The first-order chi connectivity index (χ1) is 14.3. The predicted molar refractivity (Wildman–Crippen MR) is 98.4 cm³/mol. The molecule has 3 rings (SSSR count). The number of alkyl halides is 3.